The number of carbonyl (C=O) groups is 1. The van der Waals surface area contributed by atoms with Crippen LogP contribution < -0.4 is 14.9 Å². The van der Waals surface area contributed by atoms with Gasteiger partial charge in [-0.05, 0) is 54.1 Å². The number of aromatic hydroxyl groups is 3. The van der Waals surface area contributed by atoms with Crippen LogP contribution in [-0.4, -0.2) is 184 Å². The fourth-order valence-electron chi connectivity index (χ4n) is 7.21. The van der Waals surface area contributed by atoms with E-state index in [1.807, 2.05) is 0 Å². The summed E-state index contributed by atoms with van der Waals surface area (Å²) in [6.45, 7) is -2.39. The third-order valence-electron chi connectivity index (χ3n) is 10.8. The van der Waals surface area contributed by atoms with Crippen LogP contribution in [0.5, 0.6) is 28.7 Å². The zero-order valence-corrected chi connectivity index (χ0v) is 33.6. The number of carbonyl (C=O) groups excluding carboxylic acids is 1. The van der Waals surface area contributed by atoms with Crippen molar-refractivity contribution >= 4 is 12.0 Å². The van der Waals surface area contributed by atoms with Crippen LogP contribution in [0.1, 0.15) is 5.56 Å². The van der Waals surface area contributed by atoms with Crippen molar-refractivity contribution in [3.05, 3.63) is 82.5 Å². The van der Waals surface area contributed by atoms with E-state index in [4.69, 9.17) is 37.6 Å². The van der Waals surface area contributed by atoms with Gasteiger partial charge in [-0.25, -0.2) is 4.79 Å². The Morgan fingerprint density at radius 2 is 1.22 bits per heavy atom. The number of benzene rings is 3. The maximum Gasteiger partial charge on any atom is 0.330 e. The number of esters is 1. The van der Waals surface area contributed by atoms with Gasteiger partial charge in [0.25, 0.3) is 0 Å². The molecule has 3 fully saturated rings. The first kappa shape index (κ1) is 47.5. The van der Waals surface area contributed by atoms with E-state index in [-0.39, 0.29) is 45.6 Å². The molecule has 2 aromatic carbocycles. The Kier molecular flexibility index (Phi) is 14.6. The monoisotopic (exact) mass is 918 g/mol. The average Bonchev–Trinajstić information content (AvgIpc) is 3.29. The highest BCUT2D eigenvalue weighted by Gasteiger charge is 2.52. The molecule has 7 rings (SSSR count). The molecule has 5 aliphatic rings. The van der Waals surface area contributed by atoms with Gasteiger partial charge in [0.2, 0.25) is 12.6 Å². The first-order valence-electron chi connectivity index (χ1n) is 19.9. The third-order valence-corrected chi connectivity index (χ3v) is 10.8. The Labute approximate surface area is 366 Å². The lowest BCUT2D eigenvalue weighted by atomic mass is 9.97. The molecule has 23 nitrogen and oxygen atoms in total. The van der Waals surface area contributed by atoms with Gasteiger partial charge >= 0.3 is 5.97 Å². The van der Waals surface area contributed by atoms with Crippen molar-refractivity contribution in [3.8, 4) is 51.4 Å². The van der Waals surface area contributed by atoms with Crippen LogP contribution in [0.3, 0.4) is 0 Å². The van der Waals surface area contributed by atoms with Crippen molar-refractivity contribution in [3.63, 3.8) is 0 Å². The average molecular weight is 919 g/mol. The second-order valence-electron chi connectivity index (χ2n) is 15.3. The van der Waals surface area contributed by atoms with Crippen molar-refractivity contribution < 1.29 is 109 Å². The van der Waals surface area contributed by atoms with Crippen LogP contribution in [0.15, 0.2) is 76.0 Å². The molecule has 0 amide bonds. The molecular formula is C42H46O23. The highest BCUT2D eigenvalue weighted by Crippen LogP contribution is 2.43. The van der Waals surface area contributed by atoms with Crippen molar-refractivity contribution in [2.24, 2.45) is 0 Å². The molecule has 0 bridgehead atoms. The summed E-state index contributed by atoms with van der Waals surface area (Å²) in [6.07, 6.45) is -25.0. The van der Waals surface area contributed by atoms with Gasteiger partial charge < -0.3 is 104 Å². The molecule has 1 aliphatic carbocycles. The largest absolute Gasteiger partial charge is 0.508 e. The molecule has 2 aromatic rings. The highest BCUT2D eigenvalue weighted by molar-refractivity contribution is 5.87. The van der Waals surface area contributed by atoms with E-state index >= 15 is 0 Å². The normalized spacial score (nSPS) is 32.9. The lowest BCUT2D eigenvalue weighted by molar-refractivity contribution is -0.357. The first-order valence-corrected chi connectivity index (χ1v) is 19.9. The van der Waals surface area contributed by atoms with Crippen LogP contribution in [0, 0.1) is 0 Å². The fourth-order valence-corrected chi connectivity index (χ4v) is 7.21. The maximum atomic E-state index is 13.1. The molecule has 13 N–H and O–H groups in total. The van der Waals surface area contributed by atoms with E-state index in [9.17, 15) is 76.0 Å². The maximum absolute atomic E-state index is 13.1. The number of hydrogen-bond acceptors (Lipinski definition) is 23. The molecule has 23 heteroatoms. The smallest absolute Gasteiger partial charge is 0.330 e. The predicted molar refractivity (Wildman–Crippen MR) is 213 cm³/mol. The molecule has 0 aromatic heterocycles. The quantitative estimate of drug-likeness (QED) is 0.0360. The van der Waals surface area contributed by atoms with Gasteiger partial charge in [0, 0.05) is 23.8 Å². The Bertz CT molecular complexity index is 2320. The van der Waals surface area contributed by atoms with E-state index in [1.54, 1.807) is 0 Å². The summed E-state index contributed by atoms with van der Waals surface area (Å²) in [4.78, 5) is 25.6. The molecule has 352 valence electrons. The standard InChI is InChI=1S/C42H46O23/c43-13-26-30(50)33(53)37(57)41(62-26)65-39-35(55)31(51)27(14-44)63-42(39)61-25-12-20-23(59-38(25)17-3-5-18(45)6-4-17)10-19(46)11-24(20)60-40-36(56)34(54)32(52)28(64-40)15-58-29(49)8-2-16-1-7-21(47)22(48)9-16/h1-12,26-28,30-37,39-45,47-48,50-57H,13-15H2/b8-2+/t26-,27-,28-,30-,31-,32-,33+,34+,35+,36-,37-,39-,40-,41-,42-/m1/s1. The van der Waals surface area contributed by atoms with E-state index in [1.165, 1.54) is 54.6 Å². The molecule has 15 atom stereocenters. The van der Waals surface area contributed by atoms with E-state index in [0.717, 1.165) is 18.2 Å². The summed E-state index contributed by atoms with van der Waals surface area (Å²) >= 11 is 0. The molecule has 0 radical (unpaired) electrons. The lowest BCUT2D eigenvalue weighted by Gasteiger charge is -2.45. The number of aliphatic hydroxyl groups excluding tert-OH is 10. The predicted octanol–water partition coefficient (Wildman–Crippen LogP) is -3.03. The molecular weight excluding hydrogens is 872 g/mol. The number of phenols is 3. The number of phenolic OH excluding ortho intramolecular Hbond substituents is 3. The van der Waals surface area contributed by atoms with Crippen molar-refractivity contribution in [2.45, 2.75) is 92.1 Å². The molecule has 65 heavy (non-hydrogen) atoms. The minimum Gasteiger partial charge on any atom is -0.508 e. The molecule has 0 saturated carbocycles. The number of aliphatic hydroxyl groups is 10. The Balaban J connectivity index is 1.20. The van der Waals surface area contributed by atoms with Crippen LogP contribution in [0.25, 0.3) is 28.7 Å². The van der Waals surface area contributed by atoms with E-state index < -0.39 is 129 Å². The number of fused-ring (bicyclic) bond motifs is 1. The van der Waals surface area contributed by atoms with Crippen LogP contribution in [0.2, 0.25) is 0 Å². The van der Waals surface area contributed by atoms with Gasteiger partial charge in [-0.1, -0.05) is 6.07 Å². The van der Waals surface area contributed by atoms with E-state index in [0.29, 0.717) is 5.56 Å². The second-order valence-corrected chi connectivity index (χ2v) is 15.3. The van der Waals surface area contributed by atoms with Crippen molar-refractivity contribution in [1.29, 1.82) is 0 Å². The Hall–Kier alpha value is -5.48. The summed E-state index contributed by atoms with van der Waals surface area (Å²) in [6, 6.07) is 12.3. The molecule has 0 spiro atoms. The van der Waals surface area contributed by atoms with Crippen molar-refractivity contribution in [2.75, 3.05) is 19.8 Å². The minimum atomic E-state index is -1.98. The number of hydrogen-bond donors (Lipinski definition) is 13. The van der Waals surface area contributed by atoms with Crippen LogP contribution in [0.4, 0.5) is 0 Å². The Morgan fingerprint density at radius 3 is 1.88 bits per heavy atom. The zero-order valence-electron chi connectivity index (χ0n) is 33.6. The Morgan fingerprint density at radius 1 is 0.615 bits per heavy atom. The van der Waals surface area contributed by atoms with Gasteiger partial charge in [0.15, 0.2) is 40.8 Å². The van der Waals surface area contributed by atoms with Gasteiger partial charge in [0.05, 0.1) is 18.8 Å². The summed E-state index contributed by atoms with van der Waals surface area (Å²) < 4.78 is 46.3. The van der Waals surface area contributed by atoms with Gasteiger partial charge in [-0.3, -0.25) is 4.79 Å². The first-order chi connectivity index (χ1) is 31.0. The van der Waals surface area contributed by atoms with Crippen molar-refractivity contribution in [1.82, 2.24) is 0 Å². The molecule has 4 heterocycles. The van der Waals surface area contributed by atoms with Gasteiger partial charge in [0.1, 0.15) is 91.0 Å². The van der Waals surface area contributed by atoms with Gasteiger partial charge in [-0.15, -0.1) is 0 Å². The van der Waals surface area contributed by atoms with E-state index in [2.05, 4.69) is 0 Å². The second kappa shape index (κ2) is 19.9. The number of rotatable bonds is 13. The summed E-state index contributed by atoms with van der Waals surface area (Å²) in [5.41, 5.74) is -0.275. The molecule has 3 saturated heterocycles. The third kappa shape index (κ3) is 10.2. The van der Waals surface area contributed by atoms with Gasteiger partial charge in [-0.2, -0.15) is 0 Å². The summed E-state index contributed by atoms with van der Waals surface area (Å²) in [7, 11) is 0. The number of ether oxygens (including phenoxy) is 7. The fraction of sp³-hybridized carbons (Fsp3) is 0.429. The highest BCUT2D eigenvalue weighted by atomic mass is 16.8. The SMILES string of the molecule is O=C(/C=C/c1ccc(O)c(O)c1)OC[C@H]1O[C@@H](Oc2cc(=O)cc3oc(-c4ccc(O)cc4)c(O[C@@H]4O[C@H](CO)[C@@H](O)[C@H](O)[C@H]4O[C@H]4O[C@H](CO)[C@@H](O)[C@H](O)[C@H]4O)cc2-3)[C@H](O)[C@@H](O)[C@@H]1O. The molecule has 0 unspecified atom stereocenters. The van der Waals surface area contributed by atoms with Crippen LogP contribution in [-0.2, 0) is 28.5 Å². The van der Waals surface area contributed by atoms with Crippen LogP contribution >= 0.6 is 0 Å². The molecule has 4 aliphatic heterocycles. The summed E-state index contributed by atoms with van der Waals surface area (Å²) in [5.74, 6) is -2.96. The zero-order chi connectivity index (χ0) is 46.9. The minimum absolute atomic E-state index is 0.0894. The summed E-state index contributed by atoms with van der Waals surface area (Å²) in [5, 5.41) is 135. The topological polar surface area (TPSA) is 375 Å². The lowest BCUT2D eigenvalue weighted by Crippen LogP contribution is -2.65.